The van der Waals surface area contributed by atoms with Crippen LogP contribution in [0.15, 0.2) is 40.1 Å². The van der Waals surface area contributed by atoms with Crippen molar-refractivity contribution in [1.82, 2.24) is 15.3 Å². The maximum absolute atomic E-state index is 14.5. The molecule has 0 spiro atoms. The van der Waals surface area contributed by atoms with Crippen LogP contribution in [0.5, 0.6) is 11.5 Å². The molecule has 1 aliphatic rings. The van der Waals surface area contributed by atoms with Gasteiger partial charge in [0.25, 0.3) is 0 Å². The van der Waals surface area contributed by atoms with Gasteiger partial charge in [0, 0.05) is 36.4 Å². The third kappa shape index (κ3) is 3.29. The highest BCUT2D eigenvalue weighted by Crippen LogP contribution is 2.36. The second-order valence-corrected chi connectivity index (χ2v) is 6.80. The van der Waals surface area contributed by atoms with Crippen LogP contribution in [0.2, 0.25) is 0 Å². The Kier molecular flexibility index (Phi) is 4.58. The van der Waals surface area contributed by atoms with Crippen LogP contribution in [0, 0.1) is 11.6 Å². The van der Waals surface area contributed by atoms with Crippen molar-refractivity contribution in [3.63, 3.8) is 0 Å². The molecule has 0 atom stereocenters. The number of halogens is 3. The minimum atomic E-state index is -0.756. The van der Waals surface area contributed by atoms with Crippen LogP contribution in [0.25, 0.3) is 11.0 Å². The summed E-state index contributed by atoms with van der Waals surface area (Å²) in [5.41, 5.74) is 1.07. The second-order valence-electron chi connectivity index (χ2n) is 5.95. The van der Waals surface area contributed by atoms with Gasteiger partial charge >= 0.3 is 0 Å². The van der Waals surface area contributed by atoms with Gasteiger partial charge in [-0.05, 0) is 46.1 Å². The standard InChI is InChI=1S/C18H15BrF2N4O/c19-11-9-25-18-16(11)14(2-5-24-18)26-17-12(20)6-10(7-13(17)21)8-15-22-3-1-4-23-15/h2,5-7,9H,1,3-4,8H2,(H,22,23)(H,24,25). The van der Waals surface area contributed by atoms with E-state index in [1.807, 2.05) is 0 Å². The topological polar surface area (TPSA) is 62.3 Å². The number of ether oxygens (including phenoxy) is 1. The highest BCUT2D eigenvalue weighted by molar-refractivity contribution is 9.10. The van der Waals surface area contributed by atoms with Crippen LogP contribution in [-0.2, 0) is 6.42 Å². The molecule has 134 valence electrons. The predicted molar refractivity (Wildman–Crippen MR) is 98.9 cm³/mol. The summed E-state index contributed by atoms with van der Waals surface area (Å²) >= 11 is 3.38. The van der Waals surface area contributed by atoms with Crippen molar-refractivity contribution in [2.45, 2.75) is 12.8 Å². The van der Waals surface area contributed by atoms with E-state index in [0.717, 1.165) is 25.3 Å². The predicted octanol–water partition coefficient (Wildman–Crippen LogP) is 4.33. The number of pyridine rings is 1. The van der Waals surface area contributed by atoms with E-state index >= 15 is 0 Å². The molecule has 0 unspecified atom stereocenters. The summed E-state index contributed by atoms with van der Waals surface area (Å²) in [4.78, 5) is 11.4. The van der Waals surface area contributed by atoms with Gasteiger partial charge in [-0.25, -0.2) is 13.8 Å². The molecule has 0 saturated heterocycles. The number of aromatic amines is 1. The van der Waals surface area contributed by atoms with Crippen LogP contribution in [0.3, 0.4) is 0 Å². The van der Waals surface area contributed by atoms with E-state index in [2.05, 4.69) is 36.2 Å². The first kappa shape index (κ1) is 17.0. The van der Waals surface area contributed by atoms with Gasteiger partial charge in [0.05, 0.1) is 5.39 Å². The maximum Gasteiger partial charge on any atom is 0.198 e. The average molecular weight is 421 g/mol. The molecule has 1 aliphatic heterocycles. The largest absolute Gasteiger partial charge is 0.450 e. The number of hydrogen-bond donors (Lipinski definition) is 2. The number of benzene rings is 1. The fraction of sp³-hybridized carbons (Fsp3) is 0.222. The zero-order valence-corrected chi connectivity index (χ0v) is 15.2. The van der Waals surface area contributed by atoms with E-state index < -0.39 is 17.4 Å². The summed E-state index contributed by atoms with van der Waals surface area (Å²) in [6.07, 6.45) is 4.53. The van der Waals surface area contributed by atoms with Crippen molar-refractivity contribution in [3.05, 3.63) is 52.3 Å². The molecule has 0 fully saturated rings. The van der Waals surface area contributed by atoms with Crippen LogP contribution in [-0.4, -0.2) is 28.9 Å². The molecule has 3 aromatic rings. The molecule has 0 amide bonds. The third-order valence-electron chi connectivity index (χ3n) is 4.10. The molecule has 5 nitrogen and oxygen atoms in total. The van der Waals surface area contributed by atoms with Crippen molar-refractivity contribution in [3.8, 4) is 11.5 Å². The molecule has 0 saturated carbocycles. The van der Waals surface area contributed by atoms with E-state index in [4.69, 9.17) is 4.74 Å². The Morgan fingerprint density at radius 2 is 2.04 bits per heavy atom. The molecule has 8 heteroatoms. The van der Waals surface area contributed by atoms with Crippen LogP contribution >= 0.6 is 15.9 Å². The molecule has 2 N–H and O–H groups in total. The lowest BCUT2D eigenvalue weighted by molar-refractivity contribution is 0.410. The smallest absolute Gasteiger partial charge is 0.198 e. The Morgan fingerprint density at radius 3 is 2.77 bits per heavy atom. The van der Waals surface area contributed by atoms with Crippen molar-refractivity contribution in [1.29, 1.82) is 0 Å². The number of H-pyrrole nitrogens is 1. The van der Waals surface area contributed by atoms with E-state index in [9.17, 15) is 8.78 Å². The molecule has 2 aromatic heterocycles. The minimum absolute atomic E-state index is 0.312. The lowest BCUT2D eigenvalue weighted by atomic mass is 10.1. The van der Waals surface area contributed by atoms with Crippen molar-refractivity contribution in [2.75, 3.05) is 13.1 Å². The fourth-order valence-electron chi connectivity index (χ4n) is 2.89. The molecule has 1 aromatic carbocycles. The normalized spacial score (nSPS) is 14.2. The number of nitrogens with zero attached hydrogens (tertiary/aromatic N) is 2. The highest BCUT2D eigenvalue weighted by Gasteiger charge is 2.18. The SMILES string of the molecule is Fc1cc(CC2=NCCCN2)cc(F)c1Oc1ccnc2[nH]cc(Br)c12. The average Bonchev–Trinajstić information content (AvgIpc) is 3.01. The lowest BCUT2D eigenvalue weighted by Gasteiger charge is -2.15. The quantitative estimate of drug-likeness (QED) is 0.660. The summed E-state index contributed by atoms with van der Waals surface area (Å²) in [7, 11) is 0. The molecule has 26 heavy (non-hydrogen) atoms. The summed E-state index contributed by atoms with van der Waals surface area (Å²) in [6.45, 7) is 1.56. The Bertz CT molecular complexity index is 979. The van der Waals surface area contributed by atoms with Gasteiger partial charge in [-0.3, -0.25) is 4.99 Å². The van der Waals surface area contributed by atoms with E-state index in [1.165, 1.54) is 18.3 Å². The van der Waals surface area contributed by atoms with Gasteiger partial charge in [0.1, 0.15) is 17.2 Å². The molecule has 3 heterocycles. The van der Waals surface area contributed by atoms with E-state index in [-0.39, 0.29) is 0 Å². The Morgan fingerprint density at radius 1 is 1.23 bits per heavy atom. The monoisotopic (exact) mass is 420 g/mol. The van der Waals surface area contributed by atoms with Gasteiger partial charge in [-0.2, -0.15) is 0 Å². The second kappa shape index (κ2) is 7.03. The van der Waals surface area contributed by atoms with Gasteiger partial charge < -0.3 is 15.0 Å². The molecular weight excluding hydrogens is 406 g/mol. The molecule has 0 radical (unpaired) electrons. The molecule has 0 bridgehead atoms. The Labute approximate surface area is 156 Å². The first-order chi connectivity index (χ1) is 12.6. The third-order valence-corrected chi connectivity index (χ3v) is 4.72. The number of fused-ring (bicyclic) bond motifs is 1. The van der Waals surface area contributed by atoms with Crippen LogP contribution in [0.1, 0.15) is 12.0 Å². The maximum atomic E-state index is 14.5. The number of rotatable bonds is 4. The number of hydrogen-bond acceptors (Lipinski definition) is 4. The molecule has 0 aliphatic carbocycles. The summed E-state index contributed by atoms with van der Waals surface area (Å²) in [6, 6.07) is 4.12. The minimum Gasteiger partial charge on any atom is -0.450 e. The van der Waals surface area contributed by atoms with Crippen LogP contribution < -0.4 is 10.1 Å². The first-order valence-electron chi connectivity index (χ1n) is 8.16. The first-order valence-corrected chi connectivity index (χ1v) is 8.95. The van der Waals surface area contributed by atoms with Crippen molar-refractivity contribution >= 4 is 32.8 Å². The van der Waals surface area contributed by atoms with Crippen molar-refractivity contribution in [2.24, 2.45) is 4.99 Å². The summed E-state index contributed by atoms with van der Waals surface area (Å²) in [5.74, 6) is -0.892. The lowest BCUT2D eigenvalue weighted by Crippen LogP contribution is -2.31. The summed E-state index contributed by atoms with van der Waals surface area (Å²) in [5, 5.41) is 3.76. The molecule has 4 rings (SSSR count). The van der Waals surface area contributed by atoms with Gasteiger partial charge in [0.15, 0.2) is 17.4 Å². The Balaban J connectivity index is 1.64. The van der Waals surface area contributed by atoms with Gasteiger partial charge in [-0.15, -0.1) is 0 Å². The fourth-order valence-corrected chi connectivity index (χ4v) is 3.39. The number of aromatic nitrogens is 2. The van der Waals surface area contributed by atoms with E-state index in [1.54, 1.807) is 12.3 Å². The molecular formula is C18H15BrF2N4O. The van der Waals surface area contributed by atoms with Crippen molar-refractivity contribution < 1.29 is 13.5 Å². The van der Waals surface area contributed by atoms with E-state index in [0.29, 0.717) is 33.2 Å². The Hall–Kier alpha value is -2.48. The summed E-state index contributed by atoms with van der Waals surface area (Å²) < 4.78 is 35.3. The number of aliphatic imine (C=N–C) groups is 1. The zero-order valence-electron chi connectivity index (χ0n) is 13.7. The zero-order chi connectivity index (χ0) is 18.1. The van der Waals surface area contributed by atoms with Gasteiger partial charge in [0.2, 0.25) is 0 Å². The number of amidine groups is 1. The van der Waals surface area contributed by atoms with Gasteiger partial charge in [-0.1, -0.05) is 0 Å². The number of nitrogens with one attached hydrogen (secondary N) is 2. The van der Waals surface area contributed by atoms with Crippen LogP contribution in [0.4, 0.5) is 8.78 Å². The highest BCUT2D eigenvalue weighted by atomic mass is 79.9.